The maximum Gasteiger partial charge on any atom is 0.469 e. The Labute approximate surface area is 124 Å². The standard InChI is InChI=1S/C11H14N3O7P/c15-9-8(5-20-22(17,18)19)21-11(10(9)16)14-12-6-3-1-2-4-7(6)13-14/h1-4,8-11,15-16H,5H2,(H2,17,18,19)/t8-,9-,10-,11-/m1/s1. The van der Waals surface area contributed by atoms with Crippen molar-refractivity contribution in [1.82, 2.24) is 15.0 Å². The highest BCUT2D eigenvalue weighted by atomic mass is 31.2. The molecule has 1 fully saturated rings. The third-order valence-corrected chi connectivity index (χ3v) is 3.76. The van der Waals surface area contributed by atoms with Crippen LogP contribution in [0.4, 0.5) is 0 Å². The van der Waals surface area contributed by atoms with Crippen LogP contribution in [-0.2, 0) is 13.8 Å². The normalized spacial score (nSPS) is 29.3. The highest BCUT2D eigenvalue weighted by Crippen LogP contribution is 2.38. The minimum absolute atomic E-state index is 0.570. The van der Waals surface area contributed by atoms with Crippen LogP contribution in [0.3, 0.4) is 0 Å². The quantitative estimate of drug-likeness (QED) is 0.526. The number of aliphatic hydroxyl groups is 2. The number of phosphoric ester groups is 1. The van der Waals surface area contributed by atoms with Gasteiger partial charge in [0.15, 0.2) is 6.23 Å². The summed E-state index contributed by atoms with van der Waals surface area (Å²) in [7, 11) is -4.69. The second kappa shape index (κ2) is 5.67. The lowest BCUT2D eigenvalue weighted by atomic mass is 10.1. The molecule has 0 unspecified atom stereocenters. The first-order valence-corrected chi connectivity index (χ1v) is 7.91. The molecule has 0 saturated carbocycles. The van der Waals surface area contributed by atoms with Crippen LogP contribution in [0.1, 0.15) is 6.23 Å². The second-order valence-corrected chi connectivity index (χ2v) is 6.08. The van der Waals surface area contributed by atoms with Crippen LogP contribution in [-0.4, -0.2) is 59.9 Å². The van der Waals surface area contributed by atoms with Gasteiger partial charge in [0, 0.05) is 0 Å². The summed E-state index contributed by atoms with van der Waals surface area (Å²) >= 11 is 0. The van der Waals surface area contributed by atoms with Crippen molar-refractivity contribution in [3.05, 3.63) is 24.3 Å². The number of hydrogen-bond donors (Lipinski definition) is 4. The molecule has 1 aromatic heterocycles. The van der Waals surface area contributed by atoms with Gasteiger partial charge in [0.1, 0.15) is 29.3 Å². The minimum atomic E-state index is -4.69. The Morgan fingerprint density at radius 1 is 1.18 bits per heavy atom. The van der Waals surface area contributed by atoms with E-state index in [1.807, 2.05) is 0 Å². The van der Waals surface area contributed by atoms with Gasteiger partial charge in [0.2, 0.25) is 0 Å². The van der Waals surface area contributed by atoms with E-state index >= 15 is 0 Å². The molecule has 3 rings (SSSR count). The highest BCUT2D eigenvalue weighted by molar-refractivity contribution is 7.46. The molecule has 1 aliphatic heterocycles. The number of aromatic nitrogens is 3. The Hall–Kier alpha value is -1.39. The van der Waals surface area contributed by atoms with E-state index in [2.05, 4.69) is 14.7 Å². The van der Waals surface area contributed by atoms with Gasteiger partial charge < -0.3 is 24.7 Å². The van der Waals surface area contributed by atoms with Crippen molar-refractivity contribution in [2.24, 2.45) is 0 Å². The number of rotatable bonds is 4. The minimum Gasteiger partial charge on any atom is -0.387 e. The molecule has 0 amide bonds. The molecule has 0 spiro atoms. The average Bonchev–Trinajstić information content (AvgIpc) is 2.99. The molecule has 4 N–H and O–H groups in total. The van der Waals surface area contributed by atoms with Crippen LogP contribution in [0.25, 0.3) is 11.0 Å². The predicted molar refractivity (Wildman–Crippen MR) is 71.4 cm³/mol. The highest BCUT2D eigenvalue weighted by Gasteiger charge is 2.45. The van der Waals surface area contributed by atoms with Gasteiger partial charge in [-0.2, -0.15) is 15.0 Å². The molecule has 0 radical (unpaired) electrons. The number of benzene rings is 1. The van der Waals surface area contributed by atoms with Crippen molar-refractivity contribution < 1.29 is 33.8 Å². The molecule has 1 saturated heterocycles. The summed E-state index contributed by atoms with van der Waals surface area (Å²) in [5.74, 6) is 0. The molecule has 1 aliphatic rings. The van der Waals surface area contributed by atoms with Gasteiger partial charge >= 0.3 is 7.82 Å². The summed E-state index contributed by atoms with van der Waals surface area (Å²) in [6, 6.07) is 7.01. The molecular weight excluding hydrogens is 317 g/mol. The average molecular weight is 331 g/mol. The molecule has 120 valence electrons. The number of nitrogens with zero attached hydrogens (tertiary/aromatic N) is 3. The Morgan fingerprint density at radius 2 is 1.77 bits per heavy atom. The number of hydrogen-bond acceptors (Lipinski definition) is 7. The van der Waals surface area contributed by atoms with Crippen LogP contribution < -0.4 is 0 Å². The first-order valence-electron chi connectivity index (χ1n) is 6.38. The van der Waals surface area contributed by atoms with Gasteiger partial charge in [0.25, 0.3) is 0 Å². The summed E-state index contributed by atoms with van der Waals surface area (Å²) in [6.07, 6.45) is -4.92. The molecule has 11 heteroatoms. The Balaban J connectivity index is 1.78. The van der Waals surface area contributed by atoms with E-state index in [1.54, 1.807) is 24.3 Å². The van der Waals surface area contributed by atoms with E-state index in [0.717, 1.165) is 4.80 Å². The molecule has 22 heavy (non-hydrogen) atoms. The van der Waals surface area contributed by atoms with Gasteiger partial charge in [0.05, 0.1) is 6.61 Å². The molecule has 0 bridgehead atoms. The first kappa shape index (κ1) is 15.5. The monoisotopic (exact) mass is 331 g/mol. The maximum atomic E-state index is 10.7. The van der Waals surface area contributed by atoms with Gasteiger partial charge in [-0.25, -0.2) is 4.57 Å². The summed E-state index contributed by atoms with van der Waals surface area (Å²) in [5.41, 5.74) is 1.17. The number of phosphoric acid groups is 1. The van der Waals surface area contributed by atoms with Crippen molar-refractivity contribution in [1.29, 1.82) is 0 Å². The first-order chi connectivity index (χ1) is 10.3. The summed E-state index contributed by atoms with van der Waals surface area (Å²) in [5, 5.41) is 28.2. The van der Waals surface area contributed by atoms with Gasteiger partial charge in [-0.05, 0) is 12.1 Å². The fourth-order valence-electron chi connectivity index (χ4n) is 2.22. The fraction of sp³-hybridized carbons (Fsp3) is 0.455. The van der Waals surface area contributed by atoms with Crippen molar-refractivity contribution in [3.8, 4) is 0 Å². The van der Waals surface area contributed by atoms with Gasteiger partial charge in [-0.3, -0.25) is 4.52 Å². The molecule has 2 aromatic rings. The maximum absolute atomic E-state index is 10.7. The second-order valence-electron chi connectivity index (χ2n) is 4.84. The zero-order chi connectivity index (χ0) is 15.9. The summed E-state index contributed by atoms with van der Waals surface area (Å²) in [4.78, 5) is 18.5. The van der Waals surface area contributed by atoms with E-state index in [-0.39, 0.29) is 0 Å². The van der Waals surface area contributed by atoms with Gasteiger partial charge in [-0.15, -0.1) is 0 Å². The van der Waals surface area contributed by atoms with Crippen LogP contribution in [0.5, 0.6) is 0 Å². The zero-order valence-electron chi connectivity index (χ0n) is 11.1. The van der Waals surface area contributed by atoms with E-state index in [0.29, 0.717) is 11.0 Å². The van der Waals surface area contributed by atoms with Crippen LogP contribution in [0.15, 0.2) is 24.3 Å². The van der Waals surface area contributed by atoms with Crippen LogP contribution >= 0.6 is 7.82 Å². The molecule has 10 nitrogen and oxygen atoms in total. The molecule has 1 aromatic carbocycles. The van der Waals surface area contributed by atoms with Crippen LogP contribution in [0, 0.1) is 0 Å². The van der Waals surface area contributed by atoms with Gasteiger partial charge in [-0.1, -0.05) is 12.1 Å². The number of ether oxygens (including phenoxy) is 1. The van der Waals surface area contributed by atoms with E-state index < -0.39 is 39.0 Å². The largest absolute Gasteiger partial charge is 0.469 e. The Kier molecular flexibility index (Phi) is 4.00. The lowest BCUT2D eigenvalue weighted by molar-refractivity contribution is -0.0642. The molecular formula is C11H14N3O7P. The molecule has 4 atom stereocenters. The van der Waals surface area contributed by atoms with Crippen molar-refractivity contribution in [2.75, 3.05) is 6.61 Å². The Morgan fingerprint density at radius 3 is 2.32 bits per heavy atom. The number of fused-ring (bicyclic) bond motifs is 1. The van der Waals surface area contributed by atoms with E-state index in [4.69, 9.17) is 14.5 Å². The third-order valence-electron chi connectivity index (χ3n) is 3.27. The van der Waals surface area contributed by atoms with Crippen molar-refractivity contribution >= 4 is 18.9 Å². The van der Waals surface area contributed by atoms with Crippen molar-refractivity contribution in [2.45, 2.75) is 24.5 Å². The molecule has 2 heterocycles. The number of aliphatic hydroxyl groups excluding tert-OH is 2. The lowest BCUT2D eigenvalue weighted by Crippen LogP contribution is -2.33. The topological polar surface area (TPSA) is 147 Å². The SMILES string of the molecule is O=P(O)(O)OC[C@H]1O[C@@H](n2nc3ccccc3n2)[C@H](O)[C@@H]1O. The van der Waals surface area contributed by atoms with E-state index in [1.165, 1.54) is 0 Å². The van der Waals surface area contributed by atoms with Crippen LogP contribution in [0.2, 0.25) is 0 Å². The van der Waals surface area contributed by atoms with E-state index in [9.17, 15) is 14.8 Å². The Bertz CT molecular complexity index is 684. The molecule has 0 aliphatic carbocycles. The summed E-state index contributed by atoms with van der Waals surface area (Å²) in [6.45, 7) is -0.570. The summed E-state index contributed by atoms with van der Waals surface area (Å²) < 4.78 is 20.3. The van der Waals surface area contributed by atoms with Crippen molar-refractivity contribution in [3.63, 3.8) is 0 Å². The fourth-order valence-corrected chi connectivity index (χ4v) is 2.56. The lowest BCUT2D eigenvalue weighted by Gasteiger charge is -2.14. The predicted octanol–water partition coefficient (Wildman–Crippen LogP) is -0.840. The smallest absolute Gasteiger partial charge is 0.387 e. The zero-order valence-corrected chi connectivity index (χ0v) is 12.0. The third kappa shape index (κ3) is 3.03.